The molecule has 5 heteroatoms. The van der Waals surface area contributed by atoms with Gasteiger partial charge in [-0.05, 0) is 44.6 Å². The van der Waals surface area contributed by atoms with E-state index >= 15 is 0 Å². The van der Waals surface area contributed by atoms with Crippen LogP contribution < -0.4 is 5.32 Å². The highest BCUT2D eigenvalue weighted by atomic mass is 32.2. The second kappa shape index (κ2) is 6.55. The molecule has 1 aromatic rings. The molecule has 2 unspecified atom stereocenters. The molecule has 19 heavy (non-hydrogen) atoms. The van der Waals surface area contributed by atoms with Gasteiger partial charge in [0.25, 0.3) is 0 Å². The van der Waals surface area contributed by atoms with Gasteiger partial charge in [-0.1, -0.05) is 43.9 Å². The minimum atomic E-state index is 0.460. The Labute approximate surface area is 125 Å². The molecule has 0 aromatic carbocycles. The first-order valence-electron chi connectivity index (χ1n) is 7.20. The van der Waals surface area contributed by atoms with E-state index in [1.165, 1.54) is 25.7 Å². The molecular formula is C14H25N3S2. The van der Waals surface area contributed by atoms with E-state index < -0.39 is 0 Å². The summed E-state index contributed by atoms with van der Waals surface area (Å²) in [5.41, 5.74) is 0.460. The van der Waals surface area contributed by atoms with E-state index in [2.05, 4.69) is 36.3 Å². The molecule has 108 valence electrons. The lowest BCUT2D eigenvalue weighted by Crippen LogP contribution is -2.45. The molecule has 0 radical (unpaired) electrons. The second-order valence-corrected chi connectivity index (χ2v) is 8.88. The van der Waals surface area contributed by atoms with Gasteiger partial charge in [-0.15, -0.1) is 10.2 Å². The van der Waals surface area contributed by atoms with Crippen molar-refractivity contribution in [2.45, 2.75) is 69.0 Å². The SMILES string of the molecule is CCCNC1CCC(C)(C)CC1Sc1nnc(C)s1. The molecule has 0 bridgehead atoms. The third-order valence-electron chi connectivity index (χ3n) is 3.75. The summed E-state index contributed by atoms with van der Waals surface area (Å²) < 4.78 is 1.13. The number of aromatic nitrogens is 2. The minimum Gasteiger partial charge on any atom is -0.313 e. The fraction of sp³-hybridized carbons (Fsp3) is 0.857. The molecule has 0 spiro atoms. The molecule has 1 aliphatic carbocycles. The zero-order valence-corrected chi connectivity index (χ0v) is 14.0. The molecule has 1 saturated carbocycles. The minimum absolute atomic E-state index is 0.460. The number of rotatable bonds is 5. The first-order chi connectivity index (χ1) is 9.00. The average Bonchev–Trinajstić information content (AvgIpc) is 2.73. The molecule has 2 rings (SSSR count). The van der Waals surface area contributed by atoms with Crippen molar-refractivity contribution in [3.05, 3.63) is 5.01 Å². The van der Waals surface area contributed by atoms with Gasteiger partial charge >= 0.3 is 0 Å². The number of nitrogens with one attached hydrogen (secondary N) is 1. The van der Waals surface area contributed by atoms with E-state index in [1.54, 1.807) is 11.3 Å². The van der Waals surface area contributed by atoms with Gasteiger partial charge in [0.1, 0.15) is 5.01 Å². The Morgan fingerprint density at radius 1 is 1.42 bits per heavy atom. The van der Waals surface area contributed by atoms with Crippen molar-refractivity contribution in [1.29, 1.82) is 0 Å². The maximum atomic E-state index is 4.28. The molecule has 0 saturated heterocycles. The van der Waals surface area contributed by atoms with Gasteiger partial charge in [0, 0.05) is 11.3 Å². The molecule has 1 aromatic heterocycles. The predicted octanol–water partition coefficient (Wildman–Crippen LogP) is 3.89. The van der Waals surface area contributed by atoms with E-state index in [-0.39, 0.29) is 0 Å². The Balaban J connectivity index is 2.02. The van der Waals surface area contributed by atoms with Crippen LogP contribution in [0, 0.1) is 12.3 Å². The highest BCUT2D eigenvalue weighted by Gasteiger charge is 2.35. The fourth-order valence-electron chi connectivity index (χ4n) is 2.66. The molecule has 0 aliphatic heterocycles. The zero-order chi connectivity index (χ0) is 13.9. The van der Waals surface area contributed by atoms with E-state index in [1.807, 2.05) is 18.7 Å². The van der Waals surface area contributed by atoms with Gasteiger partial charge in [-0.2, -0.15) is 0 Å². The van der Waals surface area contributed by atoms with Gasteiger partial charge in [0.15, 0.2) is 4.34 Å². The normalized spacial score (nSPS) is 26.5. The number of thioether (sulfide) groups is 1. The molecule has 2 atom stereocenters. The maximum absolute atomic E-state index is 4.28. The van der Waals surface area contributed by atoms with Crippen LogP contribution >= 0.6 is 23.1 Å². The van der Waals surface area contributed by atoms with Crippen molar-refractivity contribution in [1.82, 2.24) is 15.5 Å². The summed E-state index contributed by atoms with van der Waals surface area (Å²) in [6.45, 7) is 10.2. The Kier molecular flexibility index (Phi) is 5.26. The number of aryl methyl sites for hydroxylation is 1. The highest BCUT2D eigenvalue weighted by molar-refractivity contribution is 8.01. The Morgan fingerprint density at radius 2 is 2.21 bits per heavy atom. The largest absolute Gasteiger partial charge is 0.313 e. The fourth-order valence-corrected chi connectivity index (χ4v) is 5.28. The first-order valence-corrected chi connectivity index (χ1v) is 8.90. The summed E-state index contributed by atoms with van der Waals surface area (Å²) in [4.78, 5) is 0. The van der Waals surface area contributed by atoms with Crippen LogP contribution in [0.4, 0.5) is 0 Å². The zero-order valence-electron chi connectivity index (χ0n) is 12.4. The van der Waals surface area contributed by atoms with Gasteiger partial charge < -0.3 is 5.32 Å². The van der Waals surface area contributed by atoms with Gasteiger partial charge in [0.2, 0.25) is 0 Å². The van der Waals surface area contributed by atoms with Crippen molar-refractivity contribution in [3.63, 3.8) is 0 Å². The van der Waals surface area contributed by atoms with Crippen molar-refractivity contribution >= 4 is 23.1 Å². The van der Waals surface area contributed by atoms with E-state index in [0.29, 0.717) is 16.7 Å². The Morgan fingerprint density at radius 3 is 2.84 bits per heavy atom. The summed E-state index contributed by atoms with van der Waals surface area (Å²) in [5, 5.41) is 13.8. The Hall–Kier alpha value is -0.130. The first kappa shape index (κ1) is 15.3. The summed E-state index contributed by atoms with van der Waals surface area (Å²) in [6, 6.07) is 0.627. The van der Waals surface area contributed by atoms with Crippen molar-refractivity contribution < 1.29 is 0 Å². The topological polar surface area (TPSA) is 37.8 Å². The summed E-state index contributed by atoms with van der Waals surface area (Å²) in [5.74, 6) is 0. The molecule has 1 N–H and O–H groups in total. The van der Waals surface area contributed by atoms with Crippen LogP contribution in [0.3, 0.4) is 0 Å². The lowest BCUT2D eigenvalue weighted by atomic mass is 9.75. The van der Waals surface area contributed by atoms with Crippen molar-refractivity contribution in [2.24, 2.45) is 5.41 Å². The third kappa shape index (κ3) is 4.43. The molecule has 0 amide bonds. The lowest BCUT2D eigenvalue weighted by molar-refractivity contribution is 0.214. The summed E-state index contributed by atoms with van der Waals surface area (Å²) >= 11 is 3.65. The number of nitrogens with zero attached hydrogens (tertiary/aromatic N) is 2. The number of hydrogen-bond donors (Lipinski definition) is 1. The van der Waals surface area contributed by atoms with Gasteiger partial charge in [0.05, 0.1) is 0 Å². The van der Waals surface area contributed by atoms with Gasteiger partial charge in [-0.25, -0.2) is 0 Å². The van der Waals surface area contributed by atoms with Crippen LogP contribution in [0.25, 0.3) is 0 Å². The maximum Gasteiger partial charge on any atom is 0.174 e. The molecule has 1 heterocycles. The number of hydrogen-bond acceptors (Lipinski definition) is 5. The van der Waals surface area contributed by atoms with E-state index in [9.17, 15) is 0 Å². The third-order valence-corrected chi connectivity index (χ3v) is 6.00. The quantitative estimate of drug-likeness (QED) is 0.895. The van der Waals surface area contributed by atoms with E-state index in [4.69, 9.17) is 0 Å². The highest BCUT2D eigenvalue weighted by Crippen LogP contribution is 2.43. The summed E-state index contributed by atoms with van der Waals surface area (Å²) in [7, 11) is 0. The second-order valence-electron chi connectivity index (χ2n) is 6.21. The van der Waals surface area contributed by atoms with Gasteiger partial charge in [-0.3, -0.25) is 0 Å². The molecule has 3 nitrogen and oxygen atoms in total. The summed E-state index contributed by atoms with van der Waals surface area (Å²) in [6.07, 6.45) is 5.07. The average molecular weight is 300 g/mol. The molecular weight excluding hydrogens is 274 g/mol. The van der Waals surface area contributed by atoms with Crippen LogP contribution in [0.15, 0.2) is 4.34 Å². The van der Waals surface area contributed by atoms with Crippen molar-refractivity contribution in [2.75, 3.05) is 6.54 Å². The van der Waals surface area contributed by atoms with Crippen LogP contribution in [0.1, 0.15) is 51.5 Å². The molecule has 1 fully saturated rings. The standard InChI is InChI=1S/C14H25N3S2/c1-5-8-15-11-6-7-14(3,4)9-12(11)19-13-17-16-10(2)18-13/h11-12,15H,5-9H2,1-4H3. The smallest absolute Gasteiger partial charge is 0.174 e. The molecule has 1 aliphatic rings. The van der Waals surface area contributed by atoms with E-state index in [0.717, 1.165) is 15.9 Å². The lowest BCUT2D eigenvalue weighted by Gasteiger charge is -2.40. The predicted molar refractivity (Wildman–Crippen MR) is 84.0 cm³/mol. The van der Waals surface area contributed by atoms with Crippen LogP contribution in [0.5, 0.6) is 0 Å². The van der Waals surface area contributed by atoms with Crippen LogP contribution in [-0.2, 0) is 0 Å². The van der Waals surface area contributed by atoms with Crippen LogP contribution in [-0.4, -0.2) is 28.0 Å². The van der Waals surface area contributed by atoms with Crippen molar-refractivity contribution in [3.8, 4) is 0 Å². The Bertz CT molecular complexity index is 403. The monoisotopic (exact) mass is 299 g/mol. The van der Waals surface area contributed by atoms with Crippen LogP contribution in [0.2, 0.25) is 0 Å².